The molecule has 0 unspecified atom stereocenters. The Morgan fingerprint density at radius 2 is 1.87 bits per heavy atom. The van der Waals surface area contributed by atoms with Crippen LogP contribution in [0.3, 0.4) is 0 Å². The lowest BCUT2D eigenvalue weighted by atomic mass is 9.99. The van der Waals surface area contributed by atoms with E-state index in [1.165, 1.54) is 12.8 Å². The van der Waals surface area contributed by atoms with Gasteiger partial charge in [0.05, 0.1) is 6.54 Å². The average molecular weight is 338 g/mol. The number of aryl methyl sites for hydroxylation is 1. The summed E-state index contributed by atoms with van der Waals surface area (Å²) in [6, 6.07) is 7.39. The Morgan fingerprint density at radius 3 is 2.48 bits per heavy atom. The summed E-state index contributed by atoms with van der Waals surface area (Å²) in [5.74, 6) is 0.890. The van der Waals surface area contributed by atoms with Crippen molar-refractivity contribution in [3.05, 3.63) is 35.4 Å². The van der Waals surface area contributed by atoms with Gasteiger partial charge in [0.1, 0.15) is 0 Å². The lowest BCUT2D eigenvalue weighted by Crippen LogP contribution is -2.40. The molecule has 0 bridgehead atoms. The Bertz CT molecular complexity index is 572. The van der Waals surface area contributed by atoms with Gasteiger partial charge in [0.2, 0.25) is 5.91 Å². The number of halogens is 1. The number of amides is 2. The zero-order valence-corrected chi connectivity index (χ0v) is 14.1. The predicted octanol–water partition coefficient (Wildman–Crippen LogP) is 1.34. The SMILES string of the molecule is Cc1ccc(C(=O)NCC(=O)N2C[C@@H](N)[C@H](C3CC3)C2)cc1.Cl. The molecule has 1 aliphatic carbocycles. The molecule has 1 heterocycles. The second-order valence-corrected chi connectivity index (χ2v) is 6.51. The smallest absolute Gasteiger partial charge is 0.251 e. The van der Waals surface area contributed by atoms with Gasteiger partial charge in [0.25, 0.3) is 5.91 Å². The quantitative estimate of drug-likeness (QED) is 0.870. The third-order valence-electron chi connectivity index (χ3n) is 4.71. The van der Waals surface area contributed by atoms with E-state index in [9.17, 15) is 9.59 Å². The molecule has 1 aliphatic heterocycles. The normalized spacial score (nSPS) is 23.3. The summed E-state index contributed by atoms with van der Waals surface area (Å²) in [4.78, 5) is 26.0. The Labute approximate surface area is 143 Å². The van der Waals surface area contributed by atoms with Gasteiger partial charge in [-0.15, -0.1) is 12.4 Å². The van der Waals surface area contributed by atoms with Crippen molar-refractivity contribution in [2.75, 3.05) is 19.6 Å². The zero-order chi connectivity index (χ0) is 15.7. The number of hydrogen-bond donors (Lipinski definition) is 2. The standard InChI is InChI=1S/C17H23N3O2.ClH/c1-11-2-4-13(5-3-11)17(22)19-8-16(21)20-9-14(12-6-7-12)15(18)10-20;/h2-5,12,14-15H,6-10,18H2,1H3,(H,19,22);1H/t14-,15+;/m0./s1. The average Bonchev–Trinajstić information content (AvgIpc) is 3.27. The molecule has 6 heteroatoms. The van der Waals surface area contributed by atoms with Crippen LogP contribution in [-0.2, 0) is 4.79 Å². The molecule has 2 atom stereocenters. The second-order valence-electron chi connectivity index (χ2n) is 6.51. The van der Waals surface area contributed by atoms with E-state index in [0.717, 1.165) is 12.1 Å². The van der Waals surface area contributed by atoms with Crippen LogP contribution in [-0.4, -0.2) is 42.4 Å². The summed E-state index contributed by atoms with van der Waals surface area (Å²) in [6.45, 7) is 3.36. The molecule has 1 aromatic rings. The molecule has 2 fully saturated rings. The summed E-state index contributed by atoms with van der Waals surface area (Å²) < 4.78 is 0. The summed E-state index contributed by atoms with van der Waals surface area (Å²) in [5, 5.41) is 2.70. The van der Waals surface area contributed by atoms with Crippen molar-refractivity contribution in [2.24, 2.45) is 17.6 Å². The minimum atomic E-state index is -0.212. The van der Waals surface area contributed by atoms with Crippen LogP contribution in [0.4, 0.5) is 0 Å². The van der Waals surface area contributed by atoms with Gasteiger partial charge in [-0.25, -0.2) is 0 Å². The summed E-state index contributed by atoms with van der Waals surface area (Å²) in [7, 11) is 0. The fourth-order valence-electron chi connectivity index (χ4n) is 3.16. The third kappa shape index (κ3) is 4.24. The van der Waals surface area contributed by atoms with E-state index in [1.54, 1.807) is 17.0 Å². The number of nitrogens with zero attached hydrogens (tertiary/aromatic N) is 1. The fraction of sp³-hybridized carbons (Fsp3) is 0.529. The molecule has 3 N–H and O–H groups in total. The molecular weight excluding hydrogens is 314 g/mol. The number of nitrogens with one attached hydrogen (secondary N) is 1. The minimum Gasteiger partial charge on any atom is -0.343 e. The maximum Gasteiger partial charge on any atom is 0.251 e. The number of benzene rings is 1. The van der Waals surface area contributed by atoms with Gasteiger partial charge in [-0.2, -0.15) is 0 Å². The number of carbonyl (C=O) groups excluding carboxylic acids is 2. The molecule has 0 radical (unpaired) electrons. The molecule has 1 saturated carbocycles. The van der Waals surface area contributed by atoms with Crippen LogP contribution in [0.25, 0.3) is 0 Å². The number of hydrogen-bond acceptors (Lipinski definition) is 3. The molecule has 126 valence electrons. The van der Waals surface area contributed by atoms with Gasteiger partial charge < -0.3 is 16.0 Å². The van der Waals surface area contributed by atoms with Crippen LogP contribution in [0.2, 0.25) is 0 Å². The summed E-state index contributed by atoms with van der Waals surface area (Å²) in [6.07, 6.45) is 2.48. The van der Waals surface area contributed by atoms with E-state index in [2.05, 4.69) is 5.32 Å². The van der Waals surface area contributed by atoms with Crippen molar-refractivity contribution in [2.45, 2.75) is 25.8 Å². The molecule has 1 saturated heterocycles. The van der Waals surface area contributed by atoms with E-state index in [1.807, 2.05) is 19.1 Å². The van der Waals surface area contributed by atoms with E-state index in [4.69, 9.17) is 5.73 Å². The zero-order valence-electron chi connectivity index (χ0n) is 13.3. The third-order valence-corrected chi connectivity index (χ3v) is 4.71. The highest BCUT2D eigenvalue weighted by atomic mass is 35.5. The van der Waals surface area contributed by atoms with Crippen molar-refractivity contribution in [1.82, 2.24) is 10.2 Å². The van der Waals surface area contributed by atoms with Gasteiger partial charge in [-0.05, 0) is 43.7 Å². The van der Waals surface area contributed by atoms with Gasteiger partial charge in [0.15, 0.2) is 0 Å². The largest absolute Gasteiger partial charge is 0.343 e. The van der Waals surface area contributed by atoms with Crippen LogP contribution in [0, 0.1) is 18.8 Å². The van der Waals surface area contributed by atoms with E-state index in [0.29, 0.717) is 23.9 Å². The first-order valence-corrected chi connectivity index (χ1v) is 7.93. The first kappa shape index (κ1) is 17.8. The number of carbonyl (C=O) groups is 2. The molecule has 0 aromatic heterocycles. The molecule has 0 spiro atoms. The Kier molecular flexibility index (Phi) is 5.65. The number of nitrogens with two attached hydrogens (primary N) is 1. The van der Waals surface area contributed by atoms with Crippen molar-refractivity contribution < 1.29 is 9.59 Å². The number of rotatable bonds is 4. The number of likely N-dealkylation sites (tertiary alicyclic amines) is 1. The molecule has 23 heavy (non-hydrogen) atoms. The lowest BCUT2D eigenvalue weighted by Gasteiger charge is -2.16. The van der Waals surface area contributed by atoms with Crippen molar-refractivity contribution >= 4 is 24.2 Å². The van der Waals surface area contributed by atoms with Crippen molar-refractivity contribution in [1.29, 1.82) is 0 Å². The first-order valence-electron chi connectivity index (χ1n) is 7.93. The topological polar surface area (TPSA) is 75.4 Å². The van der Waals surface area contributed by atoms with Crippen LogP contribution in [0.5, 0.6) is 0 Å². The lowest BCUT2D eigenvalue weighted by molar-refractivity contribution is -0.129. The molecular formula is C17H24ClN3O2. The summed E-state index contributed by atoms with van der Waals surface area (Å²) >= 11 is 0. The minimum absolute atomic E-state index is 0. The van der Waals surface area contributed by atoms with Gasteiger partial charge >= 0.3 is 0 Å². The summed E-state index contributed by atoms with van der Waals surface area (Å²) in [5.41, 5.74) is 7.81. The van der Waals surface area contributed by atoms with Crippen LogP contribution < -0.4 is 11.1 Å². The van der Waals surface area contributed by atoms with Crippen molar-refractivity contribution in [3.8, 4) is 0 Å². The fourth-order valence-corrected chi connectivity index (χ4v) is 3.16. The molecule has 2 aliphatic rings. The highest BCUT2D eigenvalue weighted by molar-refractivity contribution is 5.96. The molecule has 2 amide bonds. The molecule has 3 rings (SSSR count). The Hall–Kier alpha value is -1.59. The van der Waals surface area contributed by atoms with Crippen molar-refractivity contribution in [3.63, 3.8) is 0 Å². The van der Waals surface area contributed by atoms with Crippen LogP contribution >= 0.6 is 12.4 Å². The predicted molar refractivity (Wildman–Crippen MR) is 91.5 cm³/mol. The van der Waals surface area contributed by atoms with E-state index >= 15 is 0 Å². The Balaban J connectivity index is 0.00000192. The van der Waals surface area contributed by atoms with Crippen LogP contribution in [0.1, 0.15) is 28.8 Å². The van der Waals surface area contributed by atoms with E-state index < -0.39 is 0 Å². The maximum absolute atomic E-state index is 12.2. The maximum atomic E-state index is 12.2. The molecule has 1 aromatic carbocycles. The van der Waals surface area contributed by atoms with Crippen LogP contribution in [0.15, 0.2) is 24.3 Å². The van der Waals surface area contributed by atoms with Gasteiger partial charge in [0, 0.05) is 24.7 Å². The highest BCUT2D eigenvalue weighted by Crippen LogP contribution is 2.40. The van der Waals surface area contributed by atoms with Gasteiger partial charge in [-0.3, -0.25) is 9.59 Å². The Morgan fingerprint density at radius 1 is 1.22 bits per heavy atom. The monoisotopic (exact) mass is 337 g/mol. The molecule has 5 nitrogen and oxygen atoms in total. The van der Waals surface area contributed by atoms with Gasteiger partial charge in [-0.1, -0.05) is 17.7 Å². The highest BCUT2D eigenvalue weighted by Gasteiger charge is 2.41. The van der Waals surface area contributed by atoms with E-state index in [-0.39, 0.29) is 36.8 Å². The first-order chi connectivity index (χ1) is 10.5. The second kappa shape index (κ2) is 7.32.